The number of rotatable bonds is 0. The van der Waals surface area contributed by atoms with Crippen LogP contribution < -0.4 is 0 Å². The van der Waals surface area contributed by atoms with Crippen LogP contribution in [-0.4, -0.2) is 13.2 Å². The van der Waals surface area contributed by atoms with Crippen molar-refractivity contribution < 1.29 is 9.47 Å². The Labute approximate surface area is 90.2 Å². The number of hydrogen-bond acceptors (Lipinski definition) is 2. The van der Waals surface area contributed by atoms with Crippen molar-refractivity contribution in [1.82, 2.24) is 0 Å². The summed E-state index contributed by atoms with van der Waals surface area (Å²) in [6.45, 7) is 6.67. The highest BCUT2D eigenvalue weighted by Gasteiger charge is 2.50. The Morgan fingerprint density at radius 1 is 1.40 bits per heavy atom. The molecule has 2 aliphatic rings. The van der Waals surface area contributed by atoms with Crippen molar-refractivity contribution in [2.24, 2.45) is 5.92 Å². The second kappa shape index (κ2) is 3.06. The van der Waals surface area contributed by atoms with Crippen LogP contribution in [0.1, 0.15) is 23.6 Å². The van der Waals surface area contributed by atoms with Gasteiger partial charge in [-0.1, -0.05) is 30.7 Å². The van der Waals surface area contributed by atoms with Gasteiger partial charge in [0.2, 0.25) is 0 Å². The number of aryl methyl sites for hydroxylation is 1. The quantitative estimate of drug-likeness (QED) is 0.646. The minimum Gasteiger partial charge on any atom is -0.373 e. The molecule has 15 heavy (non-hydrogen) atoms. The Hall–Kier alpha value is -0.860. The summed E-state index contributed by atoms with van der Waals surface area (Å²) in [7, 11) is 0. The van der Waals surface area contributed by atoms with Crippen molar-refractivity contribution in [3.63, 3.8) is 0 Å². The maximum Gasteiger partial charge on any atom is 0.121 e. The molecule has 0 radical (unpaired) electrons. The van der Waals surface area contributed by atoms with Gasteiger partial charge in [-0.05, 0) is 18.1 Å². The van der Waals surface area contributed by atoms with Crippen LogP contribution in [0.2, 0.25) is 0 Å². The van der Waals surface area contributed by atoms with E-state index in [0.717, 1.165) is 13.2 Å². The summed E-state index contributed by atoms with van der Waals surface area (Å²) in [6.07, 6.45) is 0. The molecule has 0 bridgehead atoms. The van der Waals surface area contributed by atoms with Crippen LogP contribution >= 0.6 is 0 Å². The van der Waals surface area contributed by atoms with E-state index in [9.17, 15) is 0 Å². The van der Waals surface area contributed by atoms with E-state index in [-0.39, 0.29) is 5.60 Å². The van der Waals surface area contributed by atoms with Gasteiger partial charge in [-0.25, -0.2) is 0 Å². The van der Waals surface area contributed by atoms with E-state index < -0.39 is 0 Å². The molecule has 2 nitrogen and oxygen atoms in total. The first kappa shape index (κ1) is 9.37. The van der Waals surface area contributed by atoms with Crippen molar-refractivity contribution >= 4 is 0 Å². The van der Waals surface area contributed by atoms with Crippen molar-refractivity contribution in [3.05, 3.63) is 34.9 Å². The van der Waals surface area contributed by atoms with Crippen LogP contribution in [0, 0.1) is 12.8 Å². The van der Waals surface area contributed by atoms with E-state index in [1.54, 1.807) is 0 Å². The number of benzene rings is 1. The fraction of sp³-hybridized carbons (Fsp3) is 0.538. The molecule has 2 aliphatic heterocycles. The van der Waals surface area contributed by atoms with E-state index in [1.807, 2.05) is 0 Å². The highest BCUT2D eigenvalue weighted by Crippen LogP contribution is 2.46. The standard InChI is InChI=1S/C13H16O2/c1-9-3-4-11-7-14-8-13(12(11)5-9)10(2)6-15-13/h3-5,10H,6-8H2,1-2H3. The lowest BCUT2D eigenvalue weighted by atomic mass is 9.75. The summed E-state index contributed by atoms with van der Waals surface area (Å²) in [5, 5.41) is 0. The second-order valence-corrected chi connectivity index (χ2v) is 4.75. The Bertz CT molecular complexity index is 400. The van der Waals surface area contributed by atoms with Crippen LogP contribution in [0.4, 0.5) is 0 Å². The molecule has 1 aromatic rings. The van der Waals surface area contributed by atoms with E-state index in [0.29, 0.717) is 12.5 Å². The summed E-state index contributed by atoms with van der Waals surface area (Å²) in [6, 6.07) is 6.57. The zero-order chi connectivity index (χ0) is 10.5. The minimum atomic E-state index is -0.139. The molecule has 80 valence electrons. The molecule has 1 fully saturated rings. The van der Waals surface area contributed by atoms with Gasteiger partial charge in [0.05, 0.1) is 19.8 Å². The van der Waals surface area contributed by atoms with Gasteiger partial charge in [0.1, 0.15) is 5.60 Å². The van der Waals surface area contributed by atoms with Crippen molar-refractivity contribution in [3.8, 4) is 0 Å². The predicted molar refractivity (Wildman–Crippen MR) is 57.6 cm³/mol. The van der Waals surface area contributed by atoms with Crippen LogP contribution in [0.3, 0.4) is 0 Å². The average molecular weight is 204 g/mol. The zero-order valence-electron chi connectivity index (χ0n) is 9.25. The molecule has 1 aromatic carbocycles. The maximum absolute atomic E-state index is 5.83. The van der Waals surface area contributed by atoms with Gasteiger partial charge in [-0.15, -0.1) is 0 Å². The van der Waals surface area contributed by atoms with Gasteiger partial charge in [0.25, 0.3) is 0 Å². The van der Waals surface area contributed by atoms with Gasteiger partial charge in [0, 0.05) is 5.92 Å². The molecule has 0 N–H and O–H groups in total. The monoisotopic (exact) mass is 204 g/mol. The summed E-state index contributed by atoms with van der Waals surface area (Å²) in [4.78, 5) is 0. The molecule has 0 aliphatic carbocycles. The lowest BCUT2D eigenvalue weighted by molar-refractivity contribution is -0.242. The largest absolute Gasteiger partial charge is 0.373 e. The average Bonchev–Trinajstić information content (AvgIpc) is 2.26. The highest BCUT2D eigenvalue weighted by atomic mass is 16.6. The third-order valence-corrected chi connectivity index (χ3v) is 3.68. The van der Waals surface area contributed by atoms with Crippen LogP contribution in [0.25, 0.3) is 0 Å². The van der Waals surface area contributed by atoms with Gasteiger partial charge in [-0.3, -0.25) is 0 Å². The molecule has 3 rings (SSSR count). The van der Waals surface area contributed by atoms with Crippen LogP contribution in [0.5, 0.6) is 0 Å². The molecule has 1 spiro atoms. The molecule has 2 atom stereocenters. The SMILES string of the molecule is Cc1ccc2c(c1)C1(COC2)OCC1C. The van der Waals surface area contributed by atoms with Gasteiger partial charge >= 0.3 is 0 Å². The predicted octanol–water partition coefficient (Wildman–Crippen LogP) is 2.39. The fourth-order valence-corrected chi connectivity index (χ4v) is 2.58. The molecular formula is C13H16O2. The summed E-state index contributed by atoms with van der Waals surface area (Å²) in [5.74, 6) is 0.568. The Morgan fingerprint density at radius 3 is 2.93 bits per heavy atom. The number of fused-ring (bicyclic) bond motifs is 2. The fourth-order valence-electron chi connectivity index (χ4n) is 2.58. The van der Waals surface area contributed by atoms with Crippen molar-refractivity contribution in [1.29, 1.82) is 0 Å². The number of ether oxygens (including phenoxy) is 2. The second-order valence-electron chi connectivity index (χ2n) is 4.75. The molecule has 0 saturated carbocycles. The van der Waals surface area contributed by atoms with E-state index in [2.05, 4.69) is 32.0 Å². The molecular weight excluding hydrogens is 188 g/mol. The smallest absolute Gasteiger partial charge is 0.121 e. The number of hydrogen-bond donors (Lipinski definition) is 0. The minimum absolute atomic E-state index is 0.139. The topological polar surface area (TPSA) is 18.5 Å². The maximum atomic E-state index is 5.83. The molecule has 2 heteroatoms. The lowest BCUT2D eigenvalue weighted by Crippen LogP contribution is -2.54. The normalized spacial score (nSPS) is 33.6. The summed E-state index contributed by atoms with van der Waals surface area (Å²) < 4.78 is 11.5. The van der Waals surface area contributed by atoms with Crippen molar-refractivity contribution in [2.75, 3.05) is 13.2 Å². The molecule has 2 heterocycles. The highest BCUT2D eigenvalue weighted by molar-refractivity contribution is 5.39. The first-order valence-corrected chi connectivity index (χ1v) is 5.54. The Balaban J connectivity index is 2.13. The third kappa shape index (κ3) is 1.18. The van der Waals surface area contributed by atoms with Gasteiger partial charge < -0.3 is 9.47 Å². The van der Waals surface area contributed by atoms with Crippen LogP contribution in [-0.2, 0) is 21.7 Å². The molecule has 0 amide bonds. The Morgan fingerprint density at radius 2 is 2.27 bits per heavy atom. The molecule has 1 saturated heterocycles. The zero-order valence-corrected chi connectivity index (χ0v) is 9.25. The Kier molecular flexibility index (Phi) is 1.91. The van der Waals surface area contributed by atoms with E-state index in [4.69, 9.17) is 9.47 Å². The van der Waals surface area contributed by atoms with Gasteiger partial charge in [-0.2, -0.15) is 0 Å². The van der Waals surface area contributed by atoms with Crippen LogP contribution in [0.15, 0.2) is 18.2 Å². The summed E-state index contributed by atoms with van der Waals surface area (Å²) >= 11 is 0. The molecule has 2 unspecified atom stereocenters. The summed E-state index contributed by atoms with van der Waals surface area (Å²) in [5.41, 5.74) is 3.81. The lowest BCUT2D eigenvalue weighted by Gasteiger charge is -2.50. The van der Waals surface area contributed by atoms with Crippen molar-refractivity contribution in [2.45, 2.75) is 26.1 Å². The van der Waals surface area contributed by atoms with E-state index >= 15 is 0 Å². The van der Waals surface area contributed by atoms with Gasteiger partial charge in [0.15, 0.2) is 0 Å². The van der Waals surface area contributed by atoms with E-state index in [1.165, 1.54) is 16.7 Å². The molecule has 0 aromatic heterocycles. The first-order valence-electron chi connectivity index (χ1n) is 5.54. The first-order chi connectivity index (χ1) is 7.22. The third-order valence-electron chi connectivity index (χ3n) is 3.68.